The highest BCUT2D eigenvalue weighted by Gasteiger charge is 2.14. The van der Waals surface area contributed by atoms with Gasteiger partial charge in [0, 0.05) is 17.1 Å². The van der Waals surface area contributed by atoms with Crippen LogP contribution in [0.25, 0.3) is 0 Å². The standard InChI is InChI=1S/C21H26ClN5OS/c22-18-13-17(25-21(29)24-16-7-5-15(23)6-8-16)9-10-19(18)26-20(28)14-27-11-3-1-2-4-12-27/h5-10,13H,1-4,11-12,14,23H2,(H,26,28)(H2,24,25,29). The fourth-order valence-corrected chi connectivity index (χ4v) is 3.70. The molecule has 0 bridgehead atoms. The van der Waals surface area contributed by atoms with Gasteiger partial charge in [-0.25, -0.2) is 0 Å². The molecule has 1 aliphatic heterocycles. The normalized spacial score (nSPS) is 14.7. The van der Waals surface area contributed by atoms with Crippen molar-refractivity contribution in [1.29, 1.82) is 0 Å². The molecule has 29 heavy (non-hydrogen) atoms. The molecule has 1 fully saturated rings. The van der Waals surface area contributed by atoms with Gasteiger partial charge in [0.15, 0.2) is 5.11 Å². The minimum Gasteiger partial charge on any atom is -0.399 e. The van der Waals surface area contributed by atoms with Crippen molar-refractivity contribution in [2.45, 2.75) is 25.7 Å². The van der Waals surface area contributed by atoms with Crippen molar-refractivity contribution in [2.75, 3.05) is 41.3 Å². The molecule has 0 saturated carbocycles. The molecule has 1 heterocycles. The summed E-state index contributed by atoms with van der Waals surface area (Å²) in [6.07, 6.45) is 4.79. The molecule has 0 aromatic heterocycles. The first-order valence-electron chi connectivity index (χ1n) is 9.75. The lowest BCUT2D eigenvalue weighted by Crippen LogP contribution is -2.34. The van der Waals surface area contributed by atoms with Gasteiger partial charge in [-0.3, -0.25) is 9.69 Å². The molecule has 1 amide bonds. The lowest BCUT2D eigenvalue weighted by Gasteiger charge is -2.19. The zero-order chi connectivity index (χ0) is 20.6. The summed E-state index contributed by atoms with van der Waals surface area (Å²) in [4.78, 5) is 14.6. The molecule has 8 heteroatoms. The Bertz CT molecular complexity index is 851. The van der Waals surface area contributed by atoms with Gasteiger partial charge in [-0.15, -0.1) is 0 Å². The number of thiocarbonyl (C=S) groups is 1. The second-order valence-corrected chi connectivity index (χ2v) is 7.95. The molecule has 3 rings (SSSR count). The highest BCUT2D eigenvalue weighted by atomic mass is 35.5. The minimum absolute atomic E-state index is 0.0463. The molecule has 0 atom stereocenters. The second kappa shape index (κ2) is 10.4. The van der Waals surface area contributed by atoms with Crippen LogP contribution in [0, 0.1) is 0 Å². The number of nitrogen functional groups attached to an aromatic ring is 1. The van der Waals surface area contributed by atoms with Crippen LogP contribution in [0.15, 0.2) is 42.5 Å². The summed E-state index contributed by atoms with van der Waals surface area (Å²) in [5.41, 5.74) is 8.53. The summed E-state index contributed by atoms with van der Waals surface area (Å²) in [5.74, 6) is -0.0463. The number of benzene rings is 2. The first-order chi connectivity index (χ1) is 14.0. The topological polar surface area (TPSA) is 82.4 Å². The molecule has 0 radical (unpaired) electrons. The van der Waals surface area contributed by atoms with Crippen molar-refractivity contribution in [1.82, 2.24) is 4.90 Å². The Balaban J connectivity index is 1.52. The number of rotatable bonds is 5. The van der Waals surface area contributed by atoms with Crippen LogP contribution in [-0.4, -0.2) is 35.6 Å². The summed E-state index contributed by atoms with van der Waals surface area (Å²) in [5, 5.41) is 9.95. The molecule has 1 aliphatic rings. The first-order valence-corrected chi connectivity index (χ1v) is 10.5. The van der Waals surface area contributed by atoms with E-state index in [1.54, 1.807) is 24.3 Å². The van der Waals surface area contributed by atoms with E-state index in [9.17, 15) is 4.79 Å². The van der Waals surface area contributed by atoms with E-state index in [1.807, 2.05) is 18.2 Å². The van der Waals surface area contributed by atoms with E-state index in [0.717, 1.165) is 37.3 Å². The Labute approximate surface area is 181 Å². The third-order valence-corrected chi connectivity index (χ3v) is 5.25. The minimum atomic E-state index is -0.0463. The monoisotopic (exact) mass is 431 g/mol. The average molecular weight is 432 g/mol. The van der Waals surface area contributed by atoms with Crippen LogP contribution in [0.1, 0.15) is 25.7 Å². The molecule has 0 unspecified atom stereocenters. The van der Waals surface area contributed by atoms with Gasteiger partial charge in [-0.2, -0.15) is 0 Å². The summed E-state index contributed by atoms with van der Waals surface area (Å²) in [6.45, 7) is 2.34. The summed E-state index contributed by atoms with van der Waals surface area (Å²) < 4.78 is 0. The van der Waals surface area contributed by atoms with Crippen LogP contribution >= 0.6 is 23.8 Å². The van der Waals surface area contributed by atoms with Gasteiger partial charge in [0.05, 0.1) is 17.3 Å². The van der Waals surface area contributed by atoms with Crippen molar-refractivity contribution in [2.24, 2.45) is 0 Å². The van der Waals surface area contributed by atoms with E-state index in [4.69, 9.17) is 29.6 Å². The Morgan fingerprint density at radius 3 is 2.24 bits per heavy atom. The van der Waals surface area contributed by atoms with E-state index in [1.165, 1.54) is 12.8 Å². The lowest BCUT2D eigenvalue weighted by molar-refractivity contribution is -0.117. The Morgan fingerprint density at radius 1 is 0.966 bits per heavy atom. The van der Waals surface area contributed by atoms with Crippen molar-refractivity contribution in [3.8, 4) is 0 Å². The number of hydrogen-bond donors (Lipinski definition) is 4. The van der Waals surface area contributed by atoms with Crippen LogP contribution in [0.5, 0.6) is 0 Å². The third-order valence-electron chi connectivity index (χ3n) is 4.74. The van der Waals surface area contributed by atoms with Crippen molar-refractivity contribution in [3.63, 3.8) is 0 Å². The van der Waals surface area contributed by atoms with E-state index >= 15 is 0 Å². The Morgan fingerprint density at radius 2 is 1.59 bits per heavy atom. The van der Waals surface area contributed by atoms with E-state index < -0.39 is 0 Å². The summed E-state index contributed by atoms with van der Waals surface area (Å²) in [7, 11) is 0. The summed E-state index contributed by atoms with van der Waals surface area (Å²) >= 11 is 11.7. The molecule has 2 aromatic rings. The summed E-state index contributed by atoms with van der Waals surface area (Å²) in [6, 6.07) is 12.6. The number of likely N-dealkylation sites (tertiary alicyclic amines) is 1. The zero-order valence-corrected chi connectivity index (χ0v) is 17.8. The number of halogens is 1. The van der Waals surface area contributed by atoms with Crippen molar-refractivity contribution < 1.29 is 4.79 Å². The molecular weight excluding hydrogens is 406 g/mol. The van der Waals surface area contributed by atoms with Crippen LogP contribution in [0.3, 0.4) is 0 Å². The molecular formula is C21H26ClN5OS. The molecule has 2 aromatic carbocycles. The predicted molar refractivity (Wildman–Crippen MR) is 126 cm³/mol. The number of hydrogen-bond acceptors (Lipinski definition) is 4. The number of nitrogens with two attached hydrogens (primary N) is 1. The fourth-order valence-electron chi connectivity index (χ4n) is 3.24. The van der Waals surface area contributed by atoms with E-state index in [2.05, 4.69) is 20.9 Å². The van der Waals surface area contributed by atoms with Crippen LogP contribution < -0.4 is 21.7 Å². The van der Waals surface area contributed by atoms with Crippen LogP contribution in [0.2, 0.25) is 5.02 Å². The van der Waals surface area contributed by atoms with Gasteiger partial charge in [0.1, 0.15) is 0 Å². The van der Waals surface area contributed by atoms with Crippen molar-refractivity contribution in [3.05, 3.63) is 47.5 Å². The number of nitrogens with one attached hydrogen (secondary N) is 3. The van der Waals surface area contributed by atoms with E-state index in [-0.39, 0.29) is 5.91 Å². The van der Waals surface area contributed by atoms with Crippen molar-refractivity contribution >= 4 is 57.6 Å². The quantitative estimate of drug-likeness (QED) is 0.411. The van der Waals surface area contributed by atoms with E-state index in [0.29, 0.717) is 28.1 Å². The fraction of sp³-hybridized carbons (Fsp3) is 0.333. The van der Waals surface area contributed by atoms with Crippen LogP contribution in [-0.2, 0) is 4.79 Å². The Hall–Kier alpha value is -2.35. The maximum Gasteiger partial charge on any atom is 0.238 e. The molecule has 0 aliphatic carbocycles. The predicted octanol–water partition coefficient (Wildman–Crippen LogP) is 4.55. The number of carbonyl (C=O) groups is 1. The largest absolute Gasteiger partial charge is 0.399 e. The lowest BCUT2D eigenvalue weighted by atomic mass is 10.2. The van der Waals surface area contributed by atoms with Gasteiger partial charge in [-0.1, -0.05) is 24.4 Å². The van der Waals surface area contributed by atoms with Gasteiger partial charge < -0.3 is 21.7 Å². The highest BCUT2D eigenvalue weighted by molar-refractivity contribution is 7.80. The number of anilines is 4. The number of carbonyl (C=O) groups excluding carboxylic acids is 1. The Kier molecular flexibility index (Phi) is 7.69. The molecule has 1 saturated heterocycles. The SMILES string of the molecule is Nc1ccc(NC(=S)Nc2ccc(NC(=O)CN3CCCCCC3)c(Cl)c2)cc1. The maximum absolute atomic E-state index is 12.4. The van der Waals surface area contributed by atoms with Gasteiger partial charge in [0.2, 0.25) is 5.91 Å². The molecule has 154 valence electrons. The van der Waals surface area contributed by atoms with Gasteiger partial charge >= 0.3 is 0 Å². The van der Waals surface area contributed by atoms with Gasteiger partial charge in [0.25, 0.3) is 0 Å². The number of nitrogens with zero attached hydrogens (tertiary/aromatic N) is 1. The van der Waals surface area contributed by atoms with Gasteiger partial charge in [-0.05, 0) is 80.6 Å². The second-order valence-electron chi connectivity index (χ2n) is 7.13. The number of amides is 1. The maximum atomic E-state index is 12.4. The third kappa shape index (κ3) is 6.88. The average Bonchev–Trinajstić information content (AvgIpc) is 2.94. The molecule has 5 N–H and O–H groups in total. The van der Waals surface area contributed by atoms with Crippen LogP contribution in [0.4, 0.5) is 22.7 Å². The zero-order valence-electron chi connectivity index (χ0n) is 16.2. The molecule has 6 nitrogen and oxygen atoms in total. The highest BCUT2D eigenvalue weighted by Crippen LogP contribution is 2.26. The molecule has 0 spiro atoms. The smallest absolute Gasteiger partial charge is 0.238 e. The first kappa shape index (κ1) is 21.4.